The number of carboxylic acids is 1. The average Bonchev–Trinajstić information content (AvgIpc) is 3.05. The monoisotopic (exact) mass is 331 g/mol. The molecule has 7 nitrogen and oxygen atoms in total. The fourth-order valence-electron chi connectivity index (χ4n) is 2.71. The Kier molecular flexibility index (Phi) is 4.11. The number of likely N-dealkylation sites (tertiary alicyclic amines) is 1. The smallest absolute Gasteiger partial charge is 0.326 e. The SMILES string of the molecule is O=C(O)[C@H]1CCCN1C(=O)c1ccc(=O)n(-c2ccc(F)cc2)n1. The molecule has 1 aromatic carbocycles. The van der Waals surface area contributed by atoms with Gasteiger partial charge in [-0.3, -0.25) is 9.59 Å². The van der Waals surface area contributed by atoms with Crippen LogP contribution in [-0.2, 0) is 4.79 Å². The minimum atomic E-state index is -1.06. The molecule has 3 rings (SSSR count). The quantitative estimate of drug-likeness (QED) is 0.908. The summed E-state index contributed by atoms with van der Waals surface area (Å²) in [6.07, 6.45) is 0.985. The molecule has 8 heteroatoms. The molecule has 1 aliphatic heterocycles. The van der Waals surface area contributed by atoms with Crippen molar-refractivity contribution in [2.75, 3.05) is 6.54 Å². The Morgan fingerprint density at radius 3 is 2.54 bits per heavy atom. The highest BCUT2D eigenvalue weighted by Crippen LogP contribution is 2.19. The van der Waals surface area contributed by atoms with E-state index in [-0.39, 0.29) is 5.69 Å². The molecule has 0 radical (unpaired) electrons. The second-order valence-electron chi connectivity index (χ2n) is 5.44. The minimum Gasteiger partial charge on any atom is -0.480 e. The summed E-state index contributed by atoms with van der Waals surface area (Å²) < 4.78 is 14.0. The third kappa shape index (κ3) is 2.90. The van der Waals surface area contributed by atoms with E-state index in [1.807, 2.05) is 0 Å². The predicted octanol–water partition coefficient (Wildman–Crippen LogP) is 1.06. The third-order valence-electron chi connectivity index (χ3n) is 3.89. The Balaban J connectivity index is 1.96. The molecule has 2 heterocycles. The lowest BCUT2D eigenvalue weighted by Crippen LogP contribution is -2.41. The van der Waals surface area contributed by atoms with E-state index in [9.17, 15) is 23.9 Å². The normalized spacial score (nSPS) is 17.0. The summed E-state index contributed by atoms with van der Waals surface area (Å²) in [5.41, 5.74) is -0.200. The van der Waals surface area contributed by atoms with Gasteiger partial charge in [0, 0.05) is 12.6 Å². The summed E-state index contributed by atoms with van der Waals surface area (Å²) in [6, 6.07) is 6.65. The molecule has 0 saturated carbocycles. The number of aromatic nitrogens is 2. The lowest BCUT2D eigenvalue weighted by atomic mass is 10.2. The van der Waals surface area contributed by atoms with Crippen molar-refractivity contribution in [3.8, 4) is 5.69 Å². The zero-order chi connectivity index (χ0) is 17.3. The fourth-order valence-corrected chi connectivity index (χ4v) is 2.71. The first-order valence-electron chi connectivity index (χ1n) is 7.37. The first-order valence-corrected chi connectivity index (χ1v) is 7.37. The molecule has 1 aliphatic rings. The van der Waals surface area contributed by atoms with Crippen LogP contribution in [0.5, 0.6) is 0 Å². The lowest BCUT2D eigenvalue weighted by Gasteiger charge is -2.21. The second kappa shape index (κ2) is 6.23. The molecule has 1 fully saturated rings. The lowest BCUT2D eigenvalue weighted by molar-refractivity contribution is -0.141. The van der Waals surface area contributed by atoms with Crippen molar-refractivity contribution in [1.82, 2.24) is 14.7 Å². The number of benzene rings is 1. The Bertz CT molecular complexity index is 847. The van der Waals surface area contributed by atoms with Crippen molar-refractivity contribution in [2.24, 2.45) is 0 Å². The first kappa shape index (κ1) is 15.9. The van der Waals surface area contributed by atoms with Crippen LogP contribution < -0.4 is 5.56 Å². The van der Waals surface area contributed by atoms with Crippen LogP contribution >= 0.6 is 0 Å². The molecule has 1 atom stereocenters. The van der Waals surface area contributed by atoms with E-state index < -0.39 is 29.3 Å². The highest BCUT2D eigenvalue weighted by atomic mass is 19.1. The van der Waals surface area contributed by atoms with Crippen LogP contribution in [0, 0.1) is 5.82 Å². The summed E-state index contributed by atoms with van der Waals surface area (Å²) >= 11 is 0. The summed E-state index contributed by atoms with van der Waals surface area (Å²) in [7, 11) is 0. The van der Waals surface area contributed by atoms with Crippen molar-refractivity contribution < 1.29 is 19.1 Å². The van der Waals surface area contributed by atoms with Gasteiger partial charge in [-0.1, -0.05) is 0 Å². The van der Waals surface area contributed by atoms with Crippen molar-refractivity contribution in [1.29, 1.82) is 0 Å². The molecule has 0 bridgehead atoms. The molecule has 1 amide bonds. The molecule has 1 saturated heterocycles. The van der Waals surface area contributed by atoms with E-state index in [4.69, 9.17) is 0 Å². The van der Waals surface area contributed by atoms with E-state index in [2.05, 4.69) is 5.10 Å². The van der Waals surface area contributed by atoms with Gasteiger partial charge in [0.1, 0.15) is 17.6 Å². The van der Waals surface area contributed by atoms with Crippen LogP contribution in [-0.4, -0.2) is 44.3 Å². The Hall–Kier alpha value is -3.03. The second-order valence-corrected chi connectivity index (χ2v) is 5.44. The Labute approximate surface area is 135 Å². The number of carbonyl (C=O) groups is 2. The van der Waals surface area contributed by atoms with Gasteiger partial charge < -0.3 is 10.0 Å². The number of nitrogens with zero attached hydrogens (tertiary/aromatic N) is 3. The van der Waals surface area contributed by atoms with Gasteiger partial charge >= 0.3 is 5.97 Å². The number of aliphatic carboxylic acids is 1. The van der Waals surface area contributed by atoms with Crippen LogP contribution in [0.1, 0.15) is 23.3 Å². The Morgan fingerprint density at radius 2 is 1.88 bits per heavy atom. The number of hydrogen-bond donors (Lipinski definition) is 1. The predicted molar refractivity (Wildman–Crippen MR) is 81.5 cm³/mol. The van der Waals surface area contributed by atoms with Crippen LogP contribution in [0.2, 0.25) is 0 Å². The number of hydrogen-bond acceptors (Lipinski definition) is 4. The summed E-state index contributed by atoms with van der Waals surface area (Å²) in [5, 5.41) is 13.2. The topological polar surface area (TPSA) is 92.5 Å². The molecule has 124 valence electrons. The van der Waals surface area contributed by atoms with E-state index in [0.29, 0.717) is 25.1 Å². The van der Waals surface area contributed by atoms with Gasteiger partial charge in [0.25, 0.3) is 11.5 Å². The van der Waals surface area contributed by atoms with Crippen LogP contribution in [0.4, 0.5) is 4.39 Å². The van der Waals surface area contributed by atoms with Gasteiger partial charge in [-0.25, -0.2) is 9.18 Å². The van der Waals surface area contributed by atoms with Crippen LogP contribution in [0.15, 0.2) is 41.2 Å². The van der Waals surface area contributed by atoms with E-state index in [1.165, 1.54) is 41.3 Å². The number of amides is 1. The molecule has 0 aliphatic carbocycles. The molecule has 1 aromatic heterocycles. The first-order chi connectivity index (χ1) is 11.5. The summed E-state index contributed by atoms with van der Waals surface area (Å²) in [4.78, 5) is 37.0. The Morgan fingerprint density at radius 1 is 1.17 bits per heavy atom. The molecular formula is C16H14FN3O4. The van der Waals surface area contributed by atoms with Crippen molar-refractivity contribution >= 4 is 11.9 Å². The molecule has 0 spiro atoms. The standard InChI is InChI=1S/C16H14FN3O4/c17-10-3-5-11(6-4-10)20-14(21)8-7-12(18-20)15(22)19-9-1-2-13(19)16(23)24/h3-8,13H,1-2,9H2,(H,23,24)/t13-/m1/s1. The van der Waals surface area contributed by atoms with E-state index in [0.717, 1.165) is 4.68 Å². The highest BCUT2D eigenvalue weighted by molar-refractivity contribution is 5.95. The molecular weight excluding hydrogens is 317 g/mol. The van der Waals surface area contributed by atoms with Crippen molar-refractivity contribution in [2.45, 2.75) is 18.9 Å². The molecule has 24 heavy (non-hydrogen) atoms. The van der Waals surface area contributed by atoms with Gasteiger partial charge in [-0.2, -0.15) is 9.78 Å². The van der Waals surface area contributed by atoms with E-state index >= 15 is 0 Å². The number of halogens is 1. The molecule has 0 unspecified atom stereocenters. The zero-order valence-electron chi connectivity index (χ0n) is 12.6. The maximum absolute atomic E-state index is 13.0. The largest absolute Gasteiger partial charge is 0.480 e. The summed E-state index contributed by atoms with van der Waals surface area (Å²) in [5.74, 6) is -2.07. The third-order valence-corrected chi connectivity index (χ3v) is 3.89. The van der Waals surface area contributed by atoms with E-state index in [1.54, 1.807) is 0 Å². The van der Waals surface area contributed by atoms with Crippen LogP contribution in [0.3, 0.4) is 0 Å². The maximum atomic E-state index is 13.0. The van der Waals surface area contributed by atoms with Gasteiger partial charge in [-0.05, 0) is 43.2 Å². The fraction of sp³-hybridized carbons (Fsp3) is 0.250. The number of rotatable bonds is 3. The number of carboxylic acid groups (broad SMARTS) is 1. The summed E-state index contributed by atoms with van der Waals surface area (Å²) in [6.45, 7) is 0.327. The van der Waals surface area contributed by atoms with Gasteiger partial charge in [-0.15, -0.1) is 0 Å². The van der Waals surface area contributed by atoms with Crippen molar-refractivity contribution in [3.05, 3.63) is 58.3 Å². The zero-order valence-corrected chi connectivity index (χ0v) is 12.6. The number of carbonyl (C=O) groups excluding carboxylic acids is 1. The highest BCUT2D eigenvalue weighted by Gasteiger charge is 2.35. The van der Waals surface area contributed by atoms with Gasteiger partial charge in [0.2, 0.25) is 0 Å². The van der Waals surface area contributed by atoms with Crippen molar-refractivity contribution in [3.63, 3.8) is 0 Å². The van der Waals surface area contributed by atoms with Crippen LogP contribution in [0.25, 0.3) is 5.69 Å². The van der Waals surface area contributed by atoms with Gasteiger partial charge in [0.05, 0.1) is 5.69 Å². The minimum absolute atomic E-state index is 0.0351. The maximum Gasteiger partial charge on any atom is 0.326 e. The molecule has 1 N–H and O–H groups in total. The average molecular weight is 331 g/mol. The molecule has 2 aromatic rings. The van der Waals surface area contributed by atoms with Gasteiger partial charge in [0.15, 0.2) is 0 Å².